The van der Waals surface area contributed by atoms with Crippen molar-refractivity contribution in [2.24, 2.45) is 0 Å². The van der Waals surface area contributed by atoms with Crippen LogP contribution < -0.4 is 0 Å². The third kappa shape index (κ3) is 3.89. The fourth-order valence-corrected chi connectivity index (χ4v) is 2.16. The molecule has 0 nitrogen and oxygen atoms in total. The lowest BCUT2D eigenvalue weighted by Gasteiger charge is -2.11. The van der Waals surface area contributed by atoms with Gasteiger partial charge < -0.3 is 0 Å². The van der Waals surface area contributed by atoms with E-state index in [0.717, 1.165) is 25.7 Å². The maximum Gasteiger partial charge on any atom is -0.00642 e. The highest BCUT2D eigenvalue weighted by atomic mass is 14.1. The second kappa shape index (κ2) is 7.11. The summed E-state index contributed by atoms with van der Waals surface area (Å²) in [6, 6.07) is 6.60. The molecule has 0 saturated heterocycles. The molecule has 0 spiro atoms. The first-order valence-electron chi connectivity index (χ1n) is 6.66. The van der Waals surface area contributed by atoms with Gasteiger partial charge in [-0.1, -0.05) is 56.4 Å². The van der Waals surface area contributed by atoms with Crippen molar-refractivity contribution in [3.05, 3.63) is 59.2 Å². The van der Waals surface area contributed by atoms with Crippen LogP contribution in [0.5, 0.6) is 0 Å². The molecule has 0 heterocycles. The van der Waals surface area contributed by atoms with Crippen LogP contribution in [-0.4, -0.2) is 0 Å². The molecule has 0 saturated carbocycles. The molecule has 0 radical (unpaired) electrons. The number of hydrogen-bond acceptors (Lipinski definition) is 0. The number of allylic oxidation sites excluding steroid dienone is 3. The lowest BCUT2D eigenvalue weighted by Crippen LogP contribution is -1.97. The molecular formula is C17H24. The topological polar surface area (TPSA) is 0 Å². The lowest BCUT2D eigenvalue weighted by atomic mass is 9.94. The van der Waals surface area contributed by atoms with E-state index in [9.17, 15) is 0 Å². The van der Waals surface area contributed by atoms with Gasteiger partial charge in [0.15, 0.2) is 0 Å². The number of benzene rings is 1. The lowest BCUT2D eigenvalue weighted by molar-refractivity contribution is 0.929. The molecule has 0 unspecified atom stereocenters. The normalized spacial score (nSPS) is 16.8. The van der Waals surface area contributed by atoms with Crippen molar-refractivity contribution in [2.75, 3.05) is 0 Å². The molecule has 2 rings (SSSR count). The van der Waals surface area contributed by atoms with Crippen LogP contribution >= 0.6 is 0 Å². The van der Waals surface area contributed by atoms with Crippen LogP contribution in [0.15, 0.2) is 42.5 Å². The molecule has 0 aromatic heterocycles. The van der Waals surface area contributed by atoms with Crippen LogP contribution in [0.1, 0.15) is 43.4 Å². The Hall–Kier alpha value is -1.30. The Kier molecular flexibility index (Phi) is 5.76. The van der Waals surface area contributed by atoms with Gasteiger partial charge in [-0.05, 0) is 49.3 Å². The van der Waals surface area contributed by atoms with Crippen molar-refractivity contribution < 1.29 is 0 Å². The van der Waals surface area contributed by atoms with E-state index in [2.05, 4.69) is 43.9 Å². The first-order chi connectivity index (χ1) is 8.27. The molecule has 17 heavy (non-hydrogen) atoms. The molecule has 0 atom stereocenters. The van der Waals surface area contributed by atoms with E-state index in [1.54, 1.807) is 0 Å². The minimum Gasteiger partial charge on any atom is -0.0995 e. The average Bonchev–Trinajstić information content (AvgIpc) is 2.43. The van der Waals surface area contributed by atoms with Gasteiger partial charge in [0.2, 0.25) is 0 Å². The largest absolute Gasteiger partial charge is 0.0995 e. The highest BCUT2D eigenvalue weighted by Crippen LogP contribution is 2.22. The van der Waals surface area contributed by atoms with E-state index in [-0.39, 0.29) is 0 Å². The predicted octanol–water partition coefficient (Wildman–Crippen LogP) is 5.01. The quantitative estimate of drug-likeness (QED) is 0.547. The Labute approximate surface area is 106 Å². The second-order valence-corrected chi connectivity index (χ2v) is 4.35. The summed E-state index contributed by atoms with van der Waals surface area (Å²) in [7, 11) is 0. The molecule has 92 valence electrons. The number of rotatable bonds is 0. The number of fused-ring (bicyclic) bond motifs is 1. The fraction of sp³-hybridized carbons (Fsp3) is 0.412. The Morgan fingerprint density at radius 3 is 2.65 bits per heavy atom. The van der Waals surface area contributed by atoms with Crippen molar-refractivity contribution in [3.8, 4) is 0 Å². The fourth-order valence-electron chi connectivity index (χ4n) is 2.16. The van der Waals surface area contributed by atoms with Crippen LogP contribution in [0.4, 0.5) is 0 Å². The van der Waals surface area contributed by atoms with Gasteiger partial charge in [-0.15, -0.1) is 0 Å². The van der Waals surface area contributed by atoms with Gasteiger partial charge in [-0.25, -0.2) is 0 Å². The minimum absolute atomic E-state index is 1.06. The smallest absolute Gasteiger partial charge is 0.00642 e. The summed E-state index contributed by atoms with van der Waals surface area (Å²) >= 11 is 0. The van der Waals surface area contributed by atoms with E-state index in [1.165, 1.54) is 22.3 Å². The SMILES string of the molecule is C=C1CC/C=C\Cc2cccc(C)c2C1.CC. The highest BCUT2D eigenvalue weighted by Gasteiger charge is 2.07. The number of hydrogen-bond donors (Lipinski definition) is 0. The zero-order valence-electron chi connectivity index (χ0n) is 11.4. The summed E-state index contributed by atoms with van der Waals surface area (Å²) in [6.07, 6.45) is 8.98. The monoisotopic (exact) mass is 228 g/mol. The molecule has 0 N–H and O–H groups in total. The van der Waals surface area contributed by atoms with Gasteiger partial charge in [-0.3, -0.25) is 0 Å². The van der Waals surface area contributed by atoms with Crippen LogP contribution in [-0.2, 0) is 12.8 Å². The van der Waals surface area contributed by atoms with E-state index >= 15 is 0 Å². The van der Waals surface area contributed by atoms with E-state index in [1.807, 2.05) is 13.8 Å². The molecule has 0 fully saturated rings. The summed E-state index contributed by atoms with van der Waals surface area (Å²) in [4.78, 5) is 0. The Morgan fingerprint density at radius 2 is 1.88 bits per heavy atom. The maximum absolute atomic E-state index is 4.16. The van der Waals surface area contributed by atoms with Gasteiger partial charge in [0.05, 0.1) is 0 Å². The van der Waals surface area contributed by atoms with Crippen LogP contribution in [0.3, 0.4) is 0 Å². The summed E-state index contributed by atoms with van der Waals surface area (Å²) in [5, 5.41) is 0. The number of aryl methyl sites for hydroxylation is 1. The third-order valence-electron chi connectivity index (χ3n) is 3.10. The Bertz CT molecular complexity index is 396. The minimum atomic E-state index is 1.06. The third-order valence-corrected chi connectivity index (χ3v) is 3.10. The van der Waals surface area contributed by atoms with Gasteiger partial charge >= 0.3 is 0 Å². The summed E-state index contributed by atoms with van der Waals surface area (Å²) < 4.78 is 0. The van der Waals surface area contributed by atoms with Gasteiger partial charge in [0.1, 0.15) is 0 Å². The molecule has 1 aliphatic rings. The Morgan fingerprint density at radius 1 is 1.12 bits per heavy atom. The van der Waals surface area contributed by atoms with Crippen molar-refractivity contribution in [3.63, 3.8) is 0 Å². The van der Waals surface area contributed by atoms with Crippen molar-refractivity contribution >= 4 is 0 Å². The van der Waals surface area contributed by atoms with Gasteiger partial charge in [0.25, 0.3) is 0 Å². The summed E-state index contributed by atoms with van der Waals surface area (Å²) in [5.41, 5.74) is 5.73. The first kappa shape index (κ1) is 13.8. The van der Waals surface area contributed by atoms with Crippen molar-refractivity contribution in [2.45, 2.75) is 46.5 Å². The van der Waals surface area contributed by atoms with E-state index in [0.29, 0.717) is 0 Å². The molecule has 0 aliphatic heterocycles. The van der Waals surface area contributed by atoms with Crippen molar-refractivity contribution in [1.29, 1.82) is 0 Å². The van der Waals surface area contributed by atoms with Gasteiger partial charge in [-0.2, -0.15) is 0 Å². The standard InChI is InChI=1S/C15H18.C2H6/c1-12-7-4-3-5-9-14-10-6-8-13(2)15(14)11-12;1-2/h3,5-6,8,10H,1,4,7,9,11H2,2H3;1-2H3/b5-3-;. The Balaban J connectivity index is 0.000000686. The van der Waals surface area contributed by atoms with Crippen LogP contribution in [0.2, 0.25) is 0 Å². The molecule has 1 aliphatic carbocycles. The van der Waals surface area contributed by atoms with Crippen LogP contribution in [0.25, 0.3) is 0 Å². The molecule has 1 aromatic carbocycles. The zero-order chi connectivity index (χ0) is 12.7. The highest BCUT2D eigenvalue weighted by molar-refractivity contribution is 5.38. The van der Waals surface area contributed by atoms with E-state index < -0.39 is 0 Å². The molecule has 0 heteroatoms. The first-order valence-corrected chi connectivity index (χ1v) is 6.66. The van der Waals surface area contributed by atoms with Gasteiger partial charge in [0, 0.05) is 0 Å². The maximum atomic E-state index is 4.16. The zero-order valence-corrected chi connectivity index (χ0v) is 11.4. The summed E-state index contributed by atoms with van der Waals surface area (Å²) in [6.45, 7) is 10.4. The molecule has 0 amide bonds. The van der Waals surface area contributed by atoms with Crippen molar-refractivity contribution in [1.82, 2.24) is 0 Å². The van der Waals surface area contributed by atoms with E-state index in [4.69, 9.17) is 0 Å². The summed E-state index contributed by atoms with van der Waals surface area (Å²) in [5.74, 6) is 0. The second-order valence-electron chi connectivity index (χ2n) is 4.35. The predicted molar refractivity (Wildman–Crippen MR) is 77.4 cm³/mol. The molecular weight excluding hydrogens is 204 g/mol. The molecule has 1 aromatic rings. The molecule has 0 bridgehead atoms. The van der Waals surface area contributed by atoms with Crippen LogP contribution in [0, 0.1) is 6.92 Å². The average molecular weight is 228 g/mol.